The van der Waals surface area contributed by atoms with Gasteiger partial charge in [-0.25, -0.2) is 13.8 Å². The molecule has 7 nitrogen and oxygen atoms in total. The van der Waals surface area contributed by atoms with Gasteiger partial charge in [0.2, 0.25) is 11.7 Å². The predicted molar refractivity (Wildman–Crippen MR) is 119 cm³/mol. The van der Waals surface area contributed by atoms with E-state index in [-0.39, 0.29) is 27.9 Å². The summed E-state index contributed by atoms with van der Waals surface area (Å²) in [5.74, 6) is -0.944. The fourth-order valence-corrected chi connectivity index (χ4v) is 4.16. The van der Waals surface area contributed by atoms with Gasteiger partial charge in [0.15, 0.2) is 5.16 Å². The van der Waals surface area contributed by atoms with E-state index in [4.69, 9.17) is 16.1 Å². The van der Waals surface area contributed by atoms with Crippen molar-refractivity contribution < 1.29 is 13.3 Å². The summed E-state index contributed by atoms with van der Waals surface area (Å²) >= 11 is 7.13. The van der Waals surface area contributed by atoms with Gasteiger partial charge in [0.1, 0.15) is 17.3 Å². The third-order valence-electron chi connectivity index (χ3n) is 4.64. The van der Waals surface area contributed by atoms with Crippen LogP contribution < -0.4 is 5.56 Å². The average molecular weight is 484 g/mol. The Morgan fingerprint density at radius 2 is 1.94 bits per heavy atom. The molecular formula is C22H12ClF2N5O2S. The molecule has 0 unspecified atom stereocenters. The zero-order valence-corrected chi connectivity index (χ0v) is 18.1. The molecule has 2 aromatic carbocycles. The van der Waals surface area contributed by atoms with Crippen LogP contribution in [0.2, 0.25) is 5.02 Å². The lowest BCUT2D eigenvalue weighted by atomic mass is 10.2. The van der Waals surface area contributed by atoms with E-state index in [1.807, 2.05) is 0 Å². The van der Waals surface area contributed by atoms with Crippen LogP contribution in [0.25, 0.3) is 28.1 Å². The van der Waals surface area contributed by atoms with Crippen LogP contribution in [-0.4, -0.2) is 24.7 Å². The maximum Gasteiger partial charge on any atom is 0.266 e. The van der Waals surface area contributed by atoms with Gasteiger partial charge in [-0.3, -0.25) is 14.3 Å². The second-order valence-electron chi connectivity index (χ2n) is 6.81. The molecule has 0 N–H and O–H groups in total. The third kappa shape index (κ3) is 4.22. The number of benzene rings is 2. The molecule has 5 aromatic rings. The molecule has 0 bridgehead atoms. The summed E-state index contributed by atoms with van der Waals surface area (Å²) in [5.41, 5.74) is 0.238. The zero-order valence-electron chi connectivity index (χ0n) is 16.6. The Labute approximate surface area is 194 Å². The fourth-order valence-electron chi connectivity index (χ4n) is 3.15. The van der Waals surface area contributed by atoms with Crippen molar-refractivity contribution >= 4 is 34.3 Å². The largest absolute Gasteiger partial charge is 0.338 e. The Morgan fingerprint density at radius 1 is 1.06 bits per heavy atom. The molecule has 164 valence electrons. The van der Waals surface area contributed by atoms with Crippen molar-refractivity contribution in [3.05, 3.63) is 93.7 Å². The highest BCUT2D eigenvalue weighted by atomic mass is 35.5. The molecule has 3 aromatic heterocycles. The smallest absolute Gasteiger partial charge is 0.266 e. The summed E-state index contributed by atoms with van der Waals surface area (Å²) in [6.45, 7) is 0. The van der Waals surface area contributed by atoms with E-state index in [0.717, 1.165) is 22.4 Å². The number of pyridine rings is 1. The minimum Gasteiger partial charge on any atom is -0.338 e. The lowest BCUT2D eigenvalue weighted by Crippen LogP contribution is -2.22. The molecule has 0 aliphatic heterocycles. The minimum atomic E-state index is -0.905. The molecule has 11 heteroatoms. The summed E-state index contributed by atoms with van der Waals surface area (Å²) in [4.78, 5) is 26.2. The molecular weight excluding hydrogens is 472 g/mol. The van der Waals surface area contributed by atoms with Crippen LogP contribution in [-0.2, 0) is 5.75 Å². The van der Waals surface area contributed by atoms with Gasteiger partial charge in [0.25, 0.3) is 5.56 Å². The topological polar surface area (TPSA) is 86.7 Å². The number of hydrogen-bond acceptors (Lipinski definition) is 7. The van der Waals surface area contributed by atoms with Crippen LogP contribution in [0.1, 0.15) is 5.89 Å². The van der Waals surface area contributed by atoms with Gasteiger partial charge in [0.05, 0.1) is 22.3 Å². The molecule has 0 radical (unpaired) electrons. The monoisotopic (exact) mass is 483 g/mol. The van der Waals surface area contributed by atoms with E-state index >= 15 is 0 Å². The second-order valence-corrected chi connectivity index (χ2v) is 8.19. The first kappa shape index (κ1) is 21.2. The van der Waals surface area contributed by atoms with Crippen LogP contribution in [0, 0.1) is 11.6 Å². The number of nitrogens with zero attached hydrogens (tertiary/aromatic N) is 5. The number of halogens is 3. The fraction of sp³-hybridized carbons (Fsp3) is 0.0455. The van der Waals surface area contributed by atoms with Crippen molar-refractivity contribution in [2.24, 2.45) is 0 Å². The van der Waals surface area contributed by atoms with Crippen molar-refractivity contribution in [1.29, 1.82) is 0 Å². The highest BCUT2D eigenvalue weighted by molar-refractivity contribution is 7.98. The van der Waals surface area contributed by atoms with Crippen molar-refractivity contribution in [3.63, 3.8) is 0 Å². The summed E-state index contributed by atoms with van der Waals surface area (Å²) in [6, 6.07) is 12.9. The van der Waals surface area contributed by atoms with Crippen LogP contribution >= 0.6 is 23.4 Å². The highest BCUT2D eigenvalue weighted by Crippen LogP contribution is 2.27. The van der Waals surface area contributed by atoms with E-state index in [9.17, 15) is 13.6 Å². The van der Waals surface area contributed by atoms with Crippen molar-refractivity contribution in [3.8, 4) is 17.2 Å². The number of hydrogen-bond donors (Lipinski definition) is 0. The zero-order chi connectivity index (χ0) is 22.9. The van der Waals surface area contributed by atoms with E-state index in [1.54, 1.807) is 36.5 Å². The second kappa shape index (κ2) is 8.72. The summed E-state index contributed by atoms with van der Waals surface area (Å²) in [5, 5.41) is 4.61. The van der Waals surface area contributed by atoms with E-state index in [2.05, 4.69) is 20.1 Å². The van der Waals surface area contributed by atoms with Crippen molar-refractivity contribution in [1.82, 2.24) is 24.7 Å². The number of thioether (sulfide) groups is 1. The van der Waals surface area contributed by atoms with E-state index < -0.39 is 17.2 Å². The Balaban J connectivity index is 1.56. The van der Waals surface area contributed by atoms with Crippen molar-refractivity contribution in [2.45, 2.75) is 10.9 Å². The first-order chi connectivity index (χ1) is 16.0. The number of fused-ring (bicyclic) bond motifs is 1. The molecule has 5 rings (SSSR count). The van der Waals surface area contributed by atoms with Gasteiger partial charge in [-0.2, -0.15) is 4.98 Å². The van der Waals surface area contributed by atoms with Crippen LogP contribution in [0.5, 0.6) is 0 Å². The third-order valence-corrected chi connectivity index (χ3v) is 5.80. The molecule has 33 heavy (non-hydrogen) atoms. The van der Waals surface area contributed by atoms with Crippen LogP contribution in [0.3, 0.4) is 0 Å². The molecule has 3 heterocycles. The van der Waals surface area contributed by atoms with Gasteiger partial charge < -0.3 is 4.52 Å². The predicted octanol–water partition coefficient (Wildman–Crippen LogP) is 5.05. The maximum absolute atomic E-state index is 14.6. The molecule has 0 saturated heterocycles. The lowest BCUT2D eigenvalue weighted by Gasteiger charge is -2.13. The minimum absolute atomic E-state index is 0.141. The van der Waals surface area contributed by atoms with Crippen LogP contribution in [0.4, 0.5) is 8.78 Å². The SMILES string of the molecule is O=c1c2cc(Cl)ccc2nc(SCc2nc(-c3ccccn3)no2)n1-c1ccc(F)cc1F. The molecule has 0 fully saturated rings. The Kier molecular flexibility index (Phi) is 5.61. The molecule has 0 aliphatic carbocycles. The summed E-state index contributed by atoms with van der Waals surface area (Å²) < 4.78 is 34.5. The Bertz CT molecular complexity index is 1540. The Morgan fingerprint density at radius 3 is 2.73 bits per heavy atom. The average Bonchev–Trinajstić information content (AvgIpc) is 3.29. The first-order valence-corrected chi connectivity index (χ1v) is 10.9. The van der Waals surface area contributed by atoms with Gasteiger partial charge in [0, 0.05) is 17.3 Å². The lowest BCUT2D eigenvalue weighted by molar-refractivity contribution is 0.391. The molecule has 0 atom stereocenters. The van der Waals surface area contributed by atoms with E-state index in [1.165, 1.54) is 12.1 Å². The normalized spacial score (nSPS) is 11.2. The highest BCUT2D eigenvalue weighted by Gasteiger charge is 2.18. The van der Waals surface area contributed by atoms with Crippen molar-refractivity contribution in [2.75, 3.05) is 0 Å². The number of aromatic nitrogens is 5. The van der Waals surface area contributed by atoms with Crippen LogP contribution in [0.15, 0.2) is 75.3 Å². The standard InChI is InChI=1S/C22H12ClF2N5O2S/c23-12-4-6-16-14(9-12)21(31)30(18-7-5-13(24)10-15(18)25)22(27-16)33-11-19-28-20(29-32-19)17-3-1-2-8-26-17/h1-10H,11H2. The molecule has 0 spiro atoms. The first-order valence-electron chi connectivity index (χ1n) is 9.54. The van der Waals surface area contributed by atoms with Gasteiger partial charge >= 0.3 is 0 Å². The molecule has 0 aliphatic rings. The van der Waals surface area contributed by atoms with Gasteiger partial charge in [-0.05, 0) is 42.5 Å². The Hall–Kier alpha value is -3.63. The quantitative estimate of drug-likeness (QED) is 0.255. The molecule has 0 saturated carbocycles. The summed E-state index contributed by atoms with van der Waals surface area (Å²) in [6.07, 6.45) is 1.61. The van der Waals surface area contributed by atoms with E-state index in [0.29, 0.717) is 28.1 Å². The summed E-state index contributed by atoms with van der Waals surface area (Å²) in [7, 11) is 0. The van der Waals surface area contributed by atoms with Gasteiger partial charge in [-0.1, -0.05) is 34.6 Å². The molecule has 0 amide bonds. The maximum atomic E-state index is 14.6. The van der Waals surface area contributed by atoms with Gasteiger partial charge in [-0.15, -0.1) is 0 Å². The number of rotatable bonds is 5.